The molecule has 2 N–H and O–H groups in total. The van der Waals surface area contributed by atoms with Crippen LogP contribution in [0.15, 0.2) is 48.7 Å². The molecular formula is C22H17F3N4O3S. The number of rotatable bonds is 7. The highest BCUT2D eigenvalue weighted by Gasteiger charge is 2.27. The van der Waals surface area contributed by atoms with E-state index in [1.165, 1.54) is 36.5 Å². The summed E-state index contributed by atoms with van der Waals surface area (Å²) in [4.78, 5) is 17.2. The van der Waals surface area contributed by atoms with Crippen LogP contribution in [0.3, 0.4) is 0 Å². The number of nitrogens with zero attached hydrogens (tertiary/aromatic N) is 2. The van der Waals surface area contributed by atoms with E-state index in [1.54, 1.807) is 6.92 Å². The van der Waals surface area contributed by atoms with Crippen molar-refractivity contribution in [1.29, 1.82) is 0 Å². The van der Waals surface area contributed by atoms with Gasteiger partial charge >= 0.3 is 0 Å². The molecular weight excluding hydrogens is 457 g/mol. The predicted molar refractivity (Wildman–Crippen MR) is 117 cm³/mol. The maximum atomic E-state index is 15.1. The molecule has 4 rings (SSSR count). The number of benzene rings is 2. The van der Waals surface area contributed by atoms with Gasteiger partial charge in [0.25, 0.3) is 0 Å². The van der Waals surface area contributed by atoms with Crippen LogP contribution >= 0.6 is 0 Å². The highest BCUT2D eigenvalue weighted by Crippen LogP contribution is 2.28. The standard InChI is InChI=1S/C22H17F3N4O3S/c1-2-9-33(31,32)29-17-8-7-16(24)18(19(17)25)21(30)20-15-10-13(11-26-22(15)28-27-20)12-3-5-14(23)6-4-12/h3-8,10-11,29H,2,9H2,1H3,(H,26,27,28). The van der Waals surface area contributed by atoms with Gasteiger partial charge in [0, 0.05) is 11.8 Å². The molecule has 0 aliphatic carbocycles. The molecule has 0 unspecified atom stereocenters. The van der Waals surface area contributed by atoms with Crippen LogP contribution in [0.4, 0.5) is 18.9 Å². The molecule has 2 aromatic heterocycles. The fraction of sp³-hybridized carbons (Fsp3) is 0.136. The number of ketones is 1. The minimum Gasteiger partial charge on any atom is -0.287 e. The number of carbonyl (C=O) groups excluding carboxylic acids is 1. The number of hydrogen-bond acceptors (Lipinski definition) is 5. The Kier molecular flexibility index (Phi) is 5.90. The monoisotopic (exact) mass is 474 g/mol. The van der Waals surface area contributed by atoms with Crippen LogP contribution in [0, 0.1) is 17.5 Å². The molecule has 0 amide bonds. The first-order valence-corrected chi connectivity index (χ1v) is 11.5. The zero-order chi connectivity index (χ0) is 23.8. The van der Waals surface area contributed by atoms with Crippen molar-refractivity contribution >= 4 is 32.5 Å². The predicted octanol–water partition coefficient (Wildman–Crippen LogP) is 4.42. The van der Waals surface area contributed by atoms with Crippen LogP contribution in [-0.4, -0.2) is 35.1 Å². The Hall–Kier alpha value is -3.73. The topological polar surface area (TPSA) is 105 Å². The van der Waals surface area contributed by atoms with Crippen LogP contribution in [0.1, 0.15) is 29.4 Å². The summed E-state index contributed by atoms with van der Waals surface area (Å²) in [6.45, 7) is 1.63. The summed E-state index contributed by atoms with van der Waals surface area (Å²) in [5.41, 5.74) is -0.460. The maximum absolute atomic E-state index is 15.1. The van der Waals surface area contributed by atoms with Crippen molar-refractivity contribution in [2.45, 2.75) is 13.3 Å². The molecule has 4 aromatic rings. The Morgan fingerprint density at radius 3 is 2.48 bits per heavy atom. The first kappa shape index (κ1) is 22.5. The molecule has 0 saturated carbocycles. The van der Waals surface area contributed by atoms with E-state index < -0.39 is 44.5 Å². The van der Waals surface area contributed by atoms with Gasteiger partial charge in [-0.25, -0.2) is 26.6 Å². The van der Waals surface area contributed by atoms with Gasteiger partial charge in [-0.2, -0.15) is 5.10 Å². The number of aromatic amines is 1. The number of sulfonamides is 1. The van der Waals surface area contributed by atoms with Crippen LogP contribution in [0.2, 0.25) is 0 Å². The van der Waals surface area contributed by atoms with E-state index in [1.807, 2.05) is 4.72 Å². The molecule has 0 bridgehead atoms. The van der Waals surface area contributed by atoms with E-state index in [0.717, 1.165) is 12.1 Å². The summed E-state index contributed by atoms with van der Waals surface area (Å²) < 4.78 is 68.8. The maximum Gasteiger partial charge on any atom is 0.232 e. The fourth-order valence-electron chi connectivity index (χ4n) is 3.32. The molecule has 2 heterocycles. The van der Waals surface area contributed by atoms with Crippen molar-refractivity contribution in [3.63, 3.8) is 0 Å². The average Bonchev–Trinajstić information content (AvgIpc) is 3.19. The molecule has 0 fully saturated rings. The lowest BCUT2D eigenvalue weighted by atomic mass is 10.0. The van der Waals surface area contributed by atoms with Crippen molar-refractivity contribution in [2.24, 2.45) is 0 Å². The van der Waals surface area contributed by atoms with Crippen molar-refractivity contribution < 1.29 is 26.4 Å². The number of hydrogen-bond donors (Lipinski definition) is 2. The number of carbonyl (C=O) groups is 1. The first-order chi connectivity index (χ1) is 15.7. The number of fused-ring (bicyclic) bond motifs is 1. The second kappa shape index (κ2) is 8.66. The second-order valence-electron chi connectivity index (χ2n) is 7.23. The quantitative estimate of drug-likeness (QED) is 0.386. The third-order valence-electron chi connectivity index (χ3n) is 4.87. The van der Waals surface area contributed by atoms with E-state index >= 15 is 4.39 Å². The Morgan fingerprint density at radius 2 is 1.79 bits per heavy atom. The van der Waals surface area contributed by atoms with Gasteiger partial charge in [0.1, 0.15) is 17.3 Å². The lowest BCUT2D eigenvalue weighted by Crippen LogP contribution is -2.18. The Labute approximate surface area is 186 Å². The normalized spacial score (nSPS) is 11.6. The van der Waals surface area contributed by atoms with Gasteiger partial charge in [-0.3, -0.25) is 14.6 Å². The summed E-state index contributed by atoms with van der Waals surface area (Å²) in [5, 5.41) is 6.60. The molecule has 0 radical (unpaired) electrons. The number of H-pyrrole nitrogens is 1. The van der Waals surface area contributed by atoms with Crippen LogP contribution in [0.25, 0.3) is 22.2 Å². The third kappa shape index (κ3) is 4.44. The molecule has 0 saturated heterocycles. The van der Waals surface area contributed by atoms with Gasteiger partial charge in [0.05, 0.1) is 22.4 Å². The number of nitrogens with one attached hydrogen (secondary N) is 2. The number of pyridine rings is 1. The molecule has 33 heavy (non-hydrogen) atoms. The molecule has 170 valence electrons. The van der Waals surface area contributed by atoms with Gasteiger partial charge in [-0.1, -0.05) is 19.1 Å². The van der Waals surface area contributed by atoms with Crippen molar-refractivity contribution in [3.05, 3.63) is 77.4 Å². The minimum atomic E-state index is -3.87. The molecule has 11 heteroatoms. The molecule has 0 spiro atoms. The Morgan fingerprint density at radius 1 is 1.06 bits per heavy atom. The summed E-state index contributed by atoms with van der Waals surface area (Å²) in [5.74, 6) is -4.30. The smallest absolute Gasteiger partial charge is 0.232 e. The molecule has 2 aromatic carbocycles. The summed E-state index contributed by atoms with van der Waals surface area (Å²) >= 11 is 0. The molecule has 7 nitrogen and oxygen atoms in total. The van der Waals surface area contributed by atoms with Crippen molar-refractivity contribution in [2.75, 3.05) is 10.5 Å². The lowest BCUT2D eigenvalue weighted by molar-refractivity contribution is 0.102. The summed E-state index contributed by atoms with van der Waals surface area (Å²) in [6.07, 6.45) is 1.76. The fourth-order valence-corrected chi connectivity index (χ4v) is 4.45. The van der Waals surface area contributed by atoms with E-state index in [9.17, 15) is 22.0 Å². The first-order valence-electron chi connectivity index (χ1n) is 9.83. The highest BCUT2D eigenvalue weighted by molar-refractivity contribution is 7.92. The highest BCUT2D eigenvalue weighted by atomic mass is 32.2. The lowest BCUT2D eigenvalue weighted by Gasteiger charge is -2.11. The van der Waals surface area contributed by atoms with Crippen molar-refractivity contribution in [1.82, 2.24) is 15.2 Å². The summed E-state index contributed by atoms with van der Waals surface area (Å²) in [7, 11) is -3.87. The van der Waals surface area contributed by atoms with Gasteiger partial charge in [-0.15, -0.1) is 0 Å². The van der Waals surface area contributed by atoms with E-state index in [2.05, 4.69) is 15.2 Å². The third-order valence-corrected chi connectivity index (χ3v) is 6.34. The van der Waals surface area contributed by atoms with Gasteiger partial charge in [0.15, 0.2) is 11.5 Å². The zero-order valence-corrected chi connectivity index (χ0v) is 18.0. The largest absolute Gasteiger partial charge is 0.287 e. The summed E-state index contributed by atoms with van der Waals surface area (Å²) in [6, 6.07) is 8.81. The number of halogens is 3. The van der Waals surface area contributed by atoms with Gasteiger partial charge in [0.2, 0.25) is 15.8 Å². The second-order valence-corrected chi connectivity index (χ2v) is 9.08. The molecule has 0 atom stereocenters. The van der Waals surface area contributed by atoms with E-state index in [-0.39, 0.29) is 28.9 Å². The van der Waals surface area contributed by atoms with Gasteiger partial charge < -0.3 is 0 Å². The zero-order valence-electron chi connectivity index (χ0n) is 17.2. The molecule has 0 aliphatic heterocycles. The molecule has 0 aliphatic rings. The Bertz CT molecular complexity index is 1470. The number of anilines is 1. The SMILES string of the molecule is CCCS(=O)(=O)Nc1ccc(F)c(C(=O)c2n[nH]c3ncc(-c4ccc(F)cc4)cc23)c1F. The number of aromatic nitrogens is 3. The van der Waals surface area contributed by atoms with Crippen LogP contribution in [0.5, 0.6) is 0 Å². The van der Waals surface area contributed by atoms with Crippen LogP contribution in [-0.2, 0) is 10.0 Å². The van der Waals surface area contributed by atoms with Crippen molar-refractivity contribution in [3.8, 4) is 11.1 Å². The average molecular weight is 474 g/mol. The van der Waals surface area contributed by atoms with E-state index in [0.29, 0.717) is 11.1 Å². The minimum absolute atomic E-state index is 0.192. The van der Waals surface area contributed by atoms with Crippen LogP contribution < -0.4 is 4.72 Å². The Balaban J connectivity index is 1.78. The van der Waals surface area contributed by atoms with E-state index in [4.69, 9.17) is 0 Å². The van der Waals surface area contributed by atoms with Gasteiger partial charge in [-0.05, 0) is 42.3 Å².